The van der Waals surface area contributed by atoms with E-state index >= 15 is 0 Å². The number of aryl methyl sites for hydroxylation is 3. The maximum absolute atomic E-state index is 12.1. The van der Waals surface area contributed by atoms with Crippen LogP contribution in [0, 0.1) is 20.8 Å². The number of amides is 6. The van der Waals surface area contributed by atoms with E-state index in [0.29, 0.717) is 77.7 Å². The second kappa shape index (κ2) is 30.5. The number of hydrogen-bond donors (Lipinski definition) is 1. The Bertz CT molecular complexity index is 2390. The monoisotopic (exact) mass is 1140 g/mol. The van der Waals surface area contributed by atoms with E-state index in [4.69, 9.17) is 13.3 Å². The molecular weight excluding hydrogens is 1060 g/mol. The summed E-state index contributed by atoms with van der Waals surface area (Å²) in [6.07, 6.45) is 14.6. The Kier molecular flexibility index (Phi) is 27.3. The number of nitrogens with zero attached hydrogens (tertiary/aromatic N) is 13. The molecule has 3 aromatic heterocycles. The average Bonchev–Trinajstić information content (AvgIpc) is 4.22. The maximum Gasteiger partial charge on any atom is 1.00 e. The van der Waals surface area contributed by atoms with Crippen LogP contribution in [0.25, 0.3) is 0 Å². The largest absolute Gasteiger partial charge is 1.00 e. The van der Waals surface area contributed by atoms with Gasteiger partial charge in [-0.1, -0.05) is 75.7 Å². The first-order valence-electron chi connectivity index (χ1n) is 25.2. The van der Waals surface area contributed by atoms with Crippen molar-refractivity contribution in [2.24, 2.45) is 0 Å². The number of quaternary nitrogens is 1. The summed E-state index contributed by atoms with van der Waals surface area (Å²) in [6, 6.07) is -3.82. The molecule has 0 radical (unpaired) electrons. The molecule has 0 spiro atoms. The van der Waals surface area contributed by atoms with Gasteiger partial charge in [0.2, 0.25) is 56.1 Å². The molecule has 6 aliphatic heterocycles. The van der Waals surface area contributed by atoms with Gasteiger partial charge in [0.1, 0.15) is 18.1 Å². The molecule has 0 aromatic carbocycles. The third-order valence-electron chi connectivity index (χ3n) is 13.8. The first-order chi connectivity index (χ1) is 34.6. The number of carbonyl (C=O) groups is 3. The van der Waals surface area contributed by atoms with Crippen molar-refractivity contribution in [2.45, 2.75) is 197 Å². The molecular formula is C46H82N13NaO15S2. The molecule has 434 valence electrons. The number of unbranched alkanes of at least 4 members (excludes halogenated alkanes) is 4. The number of piperidine rings is 3. The number of hydroxylamine groups is 6. The quantitative estimate of drug-likeness (QED) is 0.0581. The summed E-state index contributed by atoms with van der Waals surface area (Å²) >= 11 is 0. The number of aromatic nitrogens is 6. The Morgan fingerprint density at radius 3 is 1.08 bits per heavy atom. The van der Waals surface area contributed by atoms with Gasteiger partial charge in [-0.05, 0) is 64.2 Å². The van der Waals surface area contributed by atoms with E-state index in [1.54, 1.807) is 25.7 Å². The third-order valence-corrected chi connectivity index (χ3v) is 14.4. The van der Waals surface area contributed by atoms with Crippen LogP contribution in [-0.4, -0.2) is 178 Å². The Morgan fingerprint density at radius 1 is 0.519 bits per heavy atom. The van der Waals surface area contributed by atoms with Crippen LogP contribution in [0.4, 0.5) is 14.4 Å². The van der Waals surface area contributed by atoms with E-state index < -0.39 is 57.0 Å². The van der Waals surface area contributed by atoms with Crippen LogP contribution in [0.15, 0.2) is 13.3 Å². The second-order valence-corrected chi connectivity index (χ2v) is 21.1. The molecule has 6 saturated heterocycles. The zero-order chi connectivity index (χ0) is 53.3. The van der Waals surface area contributed by atoms with Crippen molar-refractivity contribution in [3.05, 3.63) is 35.3 Å². The van der Waals surface area contributed by atoms with Crippen LogP contribution in [-0.2, 0) is 29.4 Å². The van der Waals surface area contributed by atoms with Crippen LogP contribution < -0.4 is 29.6 Å². The fourth-order valence-corrected chi connectivity index (χ4v) is 10.8. The van der Waals surface area contributed by atoms with E-state index in [1.807, 2.05) is 0 Å². The molecule has 0 aliphatic carbocycles. The number of rotatable bonds is 19. The maximum atomic E-state index is 12.1. The van der Waals surface area contributed by atoms with Gasteiger partial charge in [-0.15, -0.1) is 30.6 Å². The van der Waals surface area contributed by atoms with E-state index in [0.717, 1.165) is 17.9 Å². The van der Waals surface area contributed by atoms with Gasteiger partial charge in [0, 0.05) is 40.4 Å². The molecule has 0 saturated carbocycles. The zero-order valence-electron chi connectivity index (χ0n) is 43.6. The molecule has 9 heterocycles. The minimum Gasteiger partial charge on any atom is -0.724 e. The first-order valence-corrected chi connectivity index (χ1v) is 27.8. The molecule has 3 aromatic rings. The number of carbonyl (C=O) groups excluding carboxylic acids is 3. The van der Waals surface area contributed by atoms with E-state index in [1.165, 1.54) is 91.8 Å². The first kappa shape index (κ1) is 69.0. The molecule has 77 heavy (non-hydrogen) atoms. The van der Waals surface area contributed by atoms with Crippen molar-refractivity contribution in [1.29, 1.82) is 0 Å². The number of fused-ring (bicyclic) bond motifs is 6. The molecule has 31 heteroatoms. The molecule has 9 rings (SSSR count). The van der Waals surface area contributed by atoms with E-state index in [2.05, 4.69) is 66.9 Å². The normalized spacial score (nSPS) is 22.4. The van der Waals surface area contributed by atoms with Crippen molar-refractivity contribution in [1.82, 2.24) is 60.5 Å². The van der Waals surface area contributed by atoms with Gasteiger partial charge in [-0.2, -0.15) is 18.7 Å². The summed E-state index contributed by atoms with van der Waals surface area (Å²) in [4.78, 5) is 40.2. The molecule has 6 amide bonds. The Labute approximate surface area is 476 Å². The zero-order valence-corrected chi connectivity index (χ0v) is 47.2. The topological polar surface area (TPSA) is 340 Å². The van der Waals surface area contributed by atoms with Crippen LogP contribution in [0.1, 0.15) is 193 Å². The van der Waals surface area contributed by atoms with Gasteiger partial charge in [0.15, 0.2) is 0 Å². The average molecular weight is 1140 g/mol. The predicted octanol–water partition coefficient (Wildman–Crippen LogP) is 4.05. The summed E-state index contributed by atoms with van der Waals surface area (Å²) in [5, 5.41) is 34.4. The van der Waals surface area contributed by atoms with Crippen LogP contribution in [0.5, 0.6) is 0 Å². The number of hydrogen-bond acceptors (Lipinski definition) is 21. The Balaban J connectivity index is 0.000000347. The van der Waals surface area contributed by atoms with Crippen molar-refractivity contribution < 1.29 is 101 Å². The van der Waals surface area contributed by atoms with Crippen molar-refractivity contribution in [3.63, 3.8) is 0 Å². The van der Waals surface area contributed by atoms with Crippen LogP contribution in [0.2, 0.25) is 0 Å². The summed E-state index contributed by atoms with van der Waals surface area (Å²) in [6.45, 7) is 21.0. The number of urea groups is 3. The fourth-order valence-electron chi connectivity index (χ4n) is 10.1. The SMILES string of the molecule is C.C.C.CCCC[N+](CCCC)(CCCC)CCCC.Cc1nnc([C@@H]2CC[C@@H]3CN2C(=O)N3O)o1.Cc1nnc([C@@H]2CC[C@@H]3CN2C(=O)N3OS(=O)(=O)[O-])o1.Cc1nnc([C@@H]2CC[C@@H]3CN2C(=O)N3OS(=O)(=O)[O-])o1.[Na+]. The van der Waals surface area contributed by atoms with Gasteiger partial charge in [0.25, 0.3) is 0 Å². The smallest absolute Gasteiger partial charge is 0.724 e. The van der Waals surface area contributed by atoms with Gasteiger partial charge in [-0.25, -0.2) is 36.3 Å². The predicted molar refractivity (Wildman–Crippen MR) is 269 cm³/mol. The van der Waals surface area contributed by atoms with Gasteiger partial charge >= 0.3 is 47.7 Å². The molecule has 0 unspecified atom stereocenters. The third kappa shape index (κ3) is 17.9. The van der Waals surface area contributed by atoms with E-state index in [-0.39, 0.29) is 83.0 Å². The molecule has 6 aliphatic rings. The van der Waals surface area contributed by atoms with Gasteiger partial charge in [0.05, 0.1) is 44.3 Å². The standard InChI is InChI=1S/C16H36N.2C9H12N4O6S.C9H12N4O3.3CH4.Na/c1-5-9-13-17(14-10-6-2,15-11-7-3)16-12-8-4;2*1-5-10-11-8(18-5)7-3-2-6-4-12(7)9(14)13(6)19-20(15,16)17;1-5-10-11-8(16-5)7-3-2-6-4-12(7)9(14)13(6)15;;;;/h5-16H2,1-4H3;2*6-7H,2-4H2,1H3,(H,15,16,17);6-7,15H,2-4H2,1H3;3*1H4;/q+1;;;;;;;+1/p-2/t;3*6-,7+;;;;/m.111..../s1. The molecule has 28 nitrogen and oxygen atoms in total. The van der Waals surface area contributed by atoms with Gasteiger partial charge < -0.3 is 41.5 Å². The Hall–Kier alpha value is -4.11. The second-order valence-electron chi connectivity index (χ2n) is 19.1. The summed E-state index contributed by atoms with van der Waals surface area (Å²) < 4.78 is 89.6. The minimum atomic E-state index is -4.98. The summed E-state index contributed by atoms with van der Waals surface area (Å²) in [5.74, 6) is 2.29. The fraction of sp³-hybridized carbons (Fsp3) is 0.804. The van der Waals surface area contributed by atoms with E-state index in [9.17, 15) is 45.5 Å². The Morgan fingerprint density at radius 2 is 0.805 bits per heavy atom. The van der Waals surface area contributed by atoms with Crippen LogP contribution >= 0.6 is 0 Å². The molecule has 1 N–H and O–H groups in total. The summed E-state index contributed by atoms with van der Waals surface area (Å²) in [5.41, 5.74) is 0. The van der Waals surface area contributed by atoms with Crippen molar-refractivity contribution in [3.8, 4) is 0 Å². The molecule has 6 fully saturated rings. The molecule has 6 bridgehead atoms. The molecule has 6 atom stereocenters. The minimum absolute atomic E-state index is 0. The summed E-state index contributed by atoms with van der Waals surface area (Å²) in [7, 11) is -9.96. The van der Waals surface area contributed by atoms with Crippen molar-refractivity contribution in [2.75, 3.05) is 45.8 Å². The van der Waals surface area contributed by atoms with Crippen LogP contribution in [0.3, 0.4) is 0 Å². The van der Waals surface area contributed by atoms with Crippen molar-refractivity contribution >= 4 is 38.9 Å². The van der Waals surface area contributed by atoms with Gasteiger partial charge in [-0.3, -0.25) is 5.21 Å².